The Balaban J connectivity index is 2.63. The van der Waals surface area contributed by atoms with Gasteiger partial charge in [-0.05, 0) is 36.2 Å². The van der Waals surface area contributed by atoms with Crippen molar-refractivity contribution in [1.82, 2.24) is 4.98 Å². The second-order valence-corrected chi connectivity index (χ2v) is 4.31. The number of nitrogens with zero attached hydrogens (tertiary/aromatic N) is 1. The van der Waals surface area contributed by atoms with Crippen molar-refractivity contribution in [3.05, 3.63) is 46.6 Å². The van der Waals surface area contributed by atoms with Crippen LogP contribution in [-0.4, -0.2) is 16.1 Å². The molecule has 0 aliphatic heterocycles. The molecule has 0 aliphatic rings. The smallest absolute Gasteiger partial charge is 0.355 e. The highest BCUT2D eigenvalue weighted by atomic mass is 35.5. The summed E-state index contributed by atoms with van der Waals surface area (Å²) in [5.74, 6) is -0.941. The maximum absolute atomic E-state index is 11.1. The van der Waals surface area contributed by atoms with Crippen molar-refractivity contribution in [3.8, 4) is 11.1 Å². The van der Waals surface area contributed by atoms with Crippen LogP contribution in [0.5, 0.6) is 0 Å². The Morgan fingerprint density at radius 1 is 1.33 bits per heavy atom. The molecule has 0 atom stereocenters. The fourth-order valence-corrected chi connectivity index (χ4v) is 1.81. The molecule has 0 unspecified atom stereocenters. The van der Waals surface area contributed by atoms with Crippen LogP contribution >= 0.6 is 11.6 Å². The van der Waals surface area contributed by atoms with Crippen LogP contribution in [0.15, 0.2) is 30.3 Å². The van der Waals surface area contributed by atoms with E-state index in [1.165, 1.54) is 0 Å². The monoisotopic (exact) mass is 262 g/mol. The summed E-state index contributed by atoms with van der Waals surface area (Å²) in [6, 6.07) is 8.55. The molecular formula is C13H11ClN2O2. The summed E-state index contributed by atoms with van der Waals surface area (Å²) in [5.41, 5.74) is 7.56. The minimum atomic E-state index is -1.12. The van der Waals surface area contributed by atoms with Gasteiger partial charge in [0.2, 0.25) is 0 Å². The van der Waals surface area contributed by atoms with E-state index >= 15 is 0 Å². The largest absolute Gasteiger partial charge is 0.476 e. The van der Waals surface area contributed by atoms with Gasteiger partial charge in [-0.1, -0.05) is 23.7 Å². The van der Waals surface area contributed by atoms with Gasteiger partial charge in [0, 0.05) is 10.6 Å². The summed E-state index contributed by atoms with van der Waals surface area (Å²) in [7, 11) is 0. The number of nitrogen functional groups attached to an aromatic ring is 1. The van der Waals surface area contributed by atoms with Crippen LogP contribution in [0.25, 0.3) is 11.1 Å². The lowest BCUT2D eigenvalue weighted by Gasteiger charge is -2.08. The summed E-state index contributed by atoms with van der Waals surface area (Å²) >= 11 is 6.03. The normalized spacial score (nSPS) is 10.3. The van der Waals surface area contributed by atoms with Gasteiger partial charge >= 0.3 is 5.97 Å². The predicted molar refractivity (Wildman–Crippen MR) is 70.8 cm³/mol. The molecule has 0 spiro atoms. The number of anilines is 1. The molecule has 18 heavy (non-hydrogen) atoms. The Morgan fingerprint density at radius 3 is 2.67 bits per heavy atom. The number of aromatic carboxylic acids is 1. The van der Waals surface area contributed by atoms with Crippen molar-refractivity contribution in [3.63, 3.8) is 0 Å². The molecule has 0 radical (unpaired) electrons. The number of hydrogen-bond acceptors (Lipinski definition) is 3. The van der Waals surface area contributed by atoms with Crippen LogP contribution in [0.3, 0.4) is 0 Å². The van der Waals surface area contributed by atoms with Crippen LogP contribution in [0.4, 0.5) is 5.82 Å². The van der Waals surface area contributed by atoms with Crippen LogP contribution in [0.2, 0.25) is 5.02 Å². The minimum absolute atomic E-state index is 0.0741. The minimum Gasteiger partial charge on any atom is -0.476 e. The Labute approximate surface area is 109 Å². The van der Waals surface area contributed by atoms with Crippen molar-refractivity contribution >= 4 is 23.4 Å². The maximum Gasteiger partial charge on any atom is 0.355 e. The first kappa shape index (κ1) is 12.4. The molecule has 0 bridgehead atoms. The fourth-order valence-electron chi connectivity index (χ4n) is 1.63. The van der Waals surface area contributed by atoms with Crippen LogP contribution < -0.4 is 5.73 Å². The molecule has 1 aromatic carbocycles. The molecule has 0 aliphatic carbocycles. The second-order valence-electron chi connectivity index (χ2n) is 3.90. The van der Waals surface area contributed by atoms with Crippen molar-refractivity contribution in [2.45, 2.75) is 6.92 Å². The number of nitrogens with two attached hydrogens (primary N) is 1. The molecule has 92 valence electrons. The number of hydrogen-bond donors (Lipinski definition) is 2. The van der Waals surface area contributed by atoms with Gasteiger partial charge in [0.15, 0.2) is 5.69 Å². The zero-order chi connectivity index (χ0) is 13.3. The summed E-state index contributed by atoms with van der Waals surface area (Å²) in [6.07, 6.45) is 0. The molecule has 0 saturated carbocycles. The van der Waals surface area contributed by atoms with Gasteiger partial charge in [-0.2, -0.15) is 0 Å². The van der Waals surface area contributed by atoms with E-state index < -0.39 is 5.97 Å². The molecule has 1 aromatic heterocycles. The lowest BCUT2D eigenvalue weighted by molar-refractivity contribution is 0.0691. The number of benzene rings is 1. The van der Waals surface area contributed by atoms with Gasteiger partial charge in [-0.3, -0.25) is 0 Å². The van der Waals surface area contributed by atoms with Crippen LogP contribution in [0.1, 0.15) is 16.1 Å². The van der Waals surface area contributed by atoms with E-state index in [0.717, 1.165) is 5.56 Å². The van der Waals surface area contributed by atoms with Gasteiger partial charge in [0.05, 0.1) is 0 Å². The lowest BCUT2D eigenvalue weighted by atomic mass is 10.0. The molecule has 3 N–H and O–H groups in total. The maximum atomic E-state index is 11.1. The van der Waals surface area contributed by atoms with E-state index in [1.807, 2.05) is 13.0 Å². The highest BCUT2D eigenvalue weighted by molar-refractivity contribution is 6.31. The second kappa shape index (κ2) is 4.66. The number of carbonyl (C=O) groups is 1. The number of rotatable bonds is 2. The molecule has 4 nitrogen and oxygen atoms in total. The van der Waals surface area contributed by atoms with E-state index in [4.69, 9.17) is 22.4 Å². The van der Waals surface area contributed by atoms with Crippen molar-refractivity contribution in [2.24, 2.45) is 0 Å². The number of carboxylic acid groups (broad SMARTS) is 1. The first-order valence-corrected chi connectivity index (χ1v) is 5.63. The van der Waals surface area contributed by atoms with Gasteiger partial charge in [-0.15, -0.1) is 0 Å². The summed E-state index contributed by atoms with van der Waals surface area (Å²) < 4.78 is 0. The Bertz CT molecular complexity index is 626. The van der Waals surface area contributed by atoms with Crippen molar-refractivity contribution in [2.75, 3.05) is 5.73 Å². The molecule has 1 heterocycles. The third-order valence-electron chi connectivity index (χ3n) is 2.60. The van der Waals surface area contributed by atoms with Crippen molar-refractivity contribution in [1.29, 1.82) is 0 Å². The summed E-state index contributed by atoms with van der Waals surface area (Å²) in [5, 5.41) is 9.71. The van der Waals surface area contributed by atoms with E-state index in [0.29, 0.717) is 16.1 Å². The average Bonchev–Trinajstić information content (AvgIpc) is 2.32. The van der Waals surface area contributed by atoms with E-state index in [1.54, 1.807) is 24.3 Å². The molecule has 0 fully saturated rings. The molecule has 0 saturated heterocycles. The van der Waals surface area contributed by atoms with E-state index in [2.05, 4.69) is 4.98 Å². The molecule has 2 rings (SSSR count). The third kappa shape index (κ3) is 2.28. The van der Waals surface area contributed by atoms with E-state index in [-0.39, 0.29) is 11.5 Å². The van der Waals surface area contributed by atoms with E-state index in [9.17, 15) is 4.79 Å². The molecule has 5 heteroatoms. The van der Waals surface area contributed by atoms with Gasteiger partial charge < -0.3 is 10.8 Å². The SMILES string of the molecule is Cc1ccc(-c2ccc(N)nc2C(=O)O)cc1Cl. The predicted octanol–water partition coefficient (Wildman–Crippen LogP) is 2.99. The first-order chi connectivity index (χ1) is 8.49. The topological polar surface area (TPSA) is 76.2 Å². The Kier molecular flexibility index (Phi) is 3.21. The van der Waals surface area contributed by atoms with Crippen LogP contribution in [-0.2, 0) is 0 Å². The van der Waals surface area contributed by atoms with Crippen LogP contribution in [0, 0.1) is 6.92 Å². The first-order valence-electron chi connectivity index (χ1n) is 5.25. The van der Waals surface area contributed by atoms with Gasteiger partial charge in [-0.25, -0.2) is 9.78 Å². The summed E-state index contributed by atoms with van der Waals surface area (Å²) in [4.78, 5) is 15.0. The summed E-state index contributed by atoms with van der Waals surface area (Å²) in [6.45, 7) is 1.88. The number of carboxylic acids is 1. The number of halogens is 1. The quantitative estimate of drug-likeness (QED) is 0.872. The molecular weight excluding hydrogens is 252 g/mol. The third-order valence-corrected chi connectivity index (χ3v) is 3.01. The van der Waals surface area contributed by atoms with Crippen molar-refractivity contribution < 1.29 is 9.90 Å². The zero-order valence-electron chi connectivity index (χ0n) is 9.64. The Morgan fingerprint density at radius 2 is 2.06 bits per heavy atom. The average molecular weight is 263 g/mol. The highest BCUT2D eigenvalue weighted by Gasteiger charge is 2.14. The highest BCUT2D eigenvalue weighted by Crippen LogP contribution is 2.27. The Hall–Kier alpha value is -2.07. The molecule has 2 aromatic rings. The van der Waals surface area contributed by atoms with Gasteiger partial charge in [0.1, 0.15) is 5.82 Å². The zero-order valence-corrected chi connectivity index (χ0v) is 10.4. The number of aryl methyl sites for hydroxylation is 1. The molecule has 0 amide bonds. The fraction of sp³-hybridized carbons (Fsp3) is 0.0769. The standard InChI is InChI=1S/C13H11ClN2O2/c1-7-2-3-8(6-10(7)14)9-4-5-11(15)16-12(9)13(17)18/h2-6H,1H3,(H2,15,16)(H,17,18). The lowest BCUT2D eigenvalue weighted by Crippen LogP contribution is -2.05. The number of pyridine rings is 1. The van der Waals surface area contributed by atoms with Gasteiger partial charge in [0.25, 0.3) is 0 Å². The number of aromatic nitrogens is 1.